The first-order chi connectivity index (χ1) is 10.0. The number of nitro benzene ring substituents is 1. The molecule has 2 aromatic rings. The van der Waals surface area contributed by atoms with Crippen molar-refractivity contribution in [3.05, 3.63) is 51.3 Å². The highest BCUT2D eigenvalue weighted by Crippen LogP contribution is 2.29. The molecule has 21 heavy (non-hydrogen) atoms. The minimum Gasteiger partial charge on any atom is -0.377 e. The van der Waals surface area contributed by atoms with Crippen molar-refractivity contribution in [2.75, 3.05) is 11.9 Å². The van der Waals surface area contributed by atoms with E-state index in [1.54, 1.807) is 6.20 Å². The van der Waals surface area contributed by atoms with Gasteiger partial charge in [-0.1, -0.05) is 0 Å². The molecular formula is C13H14F2N4O2. The lowest BCUT2D eigenvalue weighted by atomic mass is 10.1. The molecule has 0 unspecified atom stereocenters. The van der Waals surface area contributed by atoms with E-state index in [1.807, 2.05) is 6.92 Å². The van der Waals surface area contributed by atoms with Crippen molar-refractivity contribution in [3.63, 3.8) is 0 Å². The number of hydrogen-bond acceptors (Lipinski definition) is 4. The fraction of sp³-hybridized carbons (Fsp3) is 0.308. The van der Waals surface area contributed by atoms with Gasteiger partial charge in [-0.05, 0) is 31.4 Å². The number of aromatic nitrogens is 2. The van der Waals surface area contributed by atoms with Crippen molar-refractivity contribution < 1.29 is 13.7 Å². The highest BCUT2D eigenvalue weighted by Gasteiger charge is 2.21. The highest BCUT2D eigenvalue weighted by molar-refractivity contribution is 5.62. The lowest BCUT2D eigenvalue weighted by Crippen LogP contribution is -2.08. The van der Waals surface area contributed by atoms with E-state index in [-0.39, 0.29) is 6.54 Å². The van der Waals surface area contributed by atoms with E-state index >= 15 is 0 Å². The molecule has 0 aliphatic carbocycles. The minimum absolute atomic E-state index is 0.284. The van der Waals surface area contributed by atoms with E-state index in [0.717, 1.165) is 23.4 Å². The summed E-state index contributed by atoms with van der Waals surface area (Å²) in [5, 5.41) is 20.1. The standard InChI is InChI=1S/C13H14F2N4O2/c1-8-9(7-17-18-8)3-2-6-16-13-11(19(20)21)5-4-10(14)12(13)15/h4-5,7,16H,2-3,6H2,1H3,(H,17,18). The summed E-state index contributed by atoms with van der Waals surface area (Å²) < 4.78 is 26.8. The predicted molar refractivity (Wildman–Crippen MR) is 73.1 cm³/mol. The number of nitrogens with zero attached hydrogens (tertiary/aromatic N) is 2. The molecule has 0 spiro atoms. The van der Waals surface area contributed by atoms with Gasteiger partial charge in [0, 0.05) is 18.3 Å². The van der Waals surface area contributed by atoms with Crippen molar-refractivity contribution >= 4 is 11.4 Å². The van der Waals surface area contributed by atoms with Gasteiger partial charge in [0.15, 0.2) is 17.3 Å². The van der Waals surface area contributed by atoms with Gasteiger partial charge < -0.3 is 5.32 Å². The lowest BCUT2D eigenvalue weighted by Gasteiger charge is -2.08. The van der Waals surface area contributed by atoms with Gasteiger partial charge in [-0.2, -0.15) is 5.10 Å². The fourth-order valence-corrected chi connectivity index (χ4v) is 1.98. The summed E-state index contributed by atoms with van der Waals surface area (Å²) in [6, 6.07) is 1.69. The maximum atomic E-state index is 13.6. The first-order valence-corrected chi connectivity index (χ1v) is 6.35. The third-order valence-corrected chi connectivity index (χ3v) is 3.13. The van der Waals surface area contributed by atoms with Gasteiger partial charge in [-0.25, -0.2) is 8.78 Å². The number of halogens is 2. The van der Waals surface area contributed by atoms with Crippen LogP contribution in [-0.4, -0.2) is 21.7 Å². The number of nitro groups is 1. The van der Waals surface area contributed by atoms with Crippen LogP contribution in [0.5, 0.6) is 0 Å². The van der Waals surface area contributed by atoms with Crippen molar-refractivity contribution in [3.8, 4) is 0 Å². The number of nitrogens with one attached hydrogen (secondary N) is 2. The zero-order valence-corrected chi connectivity index (χ0v) is 11.3. The Balaban J connectivity index is 2.01. The Labute approximate surface area is 119 Å². The van der Waals surface area contributed by atoms with Crippen LogP contribution in [-0.2, 0) is 6.42 Å². The second-order valence-electron chi connectivity index (χ2n) is 4.56. The number of rotatable bonds is 6. The molecule has 0 aliphatic heterocycles. The van der Waals surface area contributed by atoms with E-state index in [1.165, 1.54) is 0 Å². The molecule has 0 aliphatic rings. The normalized spacial score (nSPS) is 10.6. The SMILES string of the molecule is Cc1[nH]ncc1CCCNc1c([N+](=O)[O-])ccc(F)c1F. The molecular weight excluding hydrogens is 282 g/mol. The molecule has 0 bridgehead atoms. The van der Waals surface area contributed by atoms with Crippen LogP contribution in [0.15, 0.2) is 18.3 Å². The number of aromatic amines is 1. The van der Waals surface area contributed by atoms with Gasteiger partial charge in [-0.15, -0.1) is 0 Å². The molecule has 8 heteroatoms. The number of benzene rings is 1. The summed E-state index contributed by atoms with van der Waals surface area (Å²) in [7, 11) is 0. The van der Waals surface area contributed by atoms with Crippen LogP contribution in [0.2, 0.25) is 0 Å². The summed E-state index contributed by atoms with van der Waals surface area (Å²) in [5.41, 5.74) is 1.07. The van der Waals surface area contributed by atoms with Crippen molar-refractivity contribution in [1.29, 1.82) is 0 Å². The van der Waals surface area contributed by atoms with Crippen molar-refractivity contribution in [1.82, 2.24) is 10.2 Å². The van der Waals surface area contributed by atoms with Crippen LogP contribution in [0.4, 0.5) is 20.2 Å². The summed E-state index contributed by atoms with van der Waals surface area (Å²) in [6.45, 7) is 2.17. The molecule has 112 valence electrons. The van der Waals surface area contributed by atoms with Crippen molar-refractivity contribution in [2.45, 2.75) is 19.8 Å². The fourth-order valence-electron chi connectivity index (χ4n) is 1.98. The number of anilines is 1. The Morgan fingerprint density at radius 2 is 2.19 bits per heavy atom. The smallest absolute Gasteiger partial charge is 0.295 e. The molecule has 2 N–H and O–H groups in total. The Kier molecular flexibility index (Phi) is 4.46. The summed E-state index contributed by atoms with van der Waals surface area (Å²) in [5.74, 6) is -2.35. The molecule has 1 heterocycles. The first kappa shape index (κ1) is 14.9. The molecule has 1 aromatic carbocycles. The van der Waals surface area contributed by atoms with Crippen LogP contribution in [0, 0.1) is 28.7 Å². The van der Waals surface area contributed by atoms with Gasteiger partial charge in [0.05, 0.1) is 11.1 Å². The second-order valence-corrected chi connectivity index (χ2v) is 4.56. The largest absolute Gasteiger partial charge is 0.377 e. The number of hydrogen-bond donors (Lipinski definition) is 2. The maximum absolute atomic E-state index is 13.6. The number of H-pyrrole nitrogens is 1. The zero-order chi connectivity index (χ0) is 15.4. The van der Waals surface area contributed by atoms with E-state index in [0.29, 0.717) is 12.8 Å². The molecule has 0 amide bonds. The molecule has 1 aromatic heterocycles. The Hall–Kier alpha value is -2.51. The van der Waals surface area contributed by atoms with Gasteiger partial charge >= 0.3 is 0 Å². The van der Waals surface area contributed by atoms with Crippen LogP contribution in [0.25, 0.3) is 0 Å². The summed E-state index contributed by atoms with van der Waals surface area (Å²) in [4.78, 5) is 10.1. The van der Waals surface area contributed by atoms with Gasteiger partial charge in [0.2, 0.25) is 0 Å². The van der Waals surface area contributed by atoms with E-state index in [9.17, 15) is 18.9 Å². The molecule has 0 radical (unpaired) electrons. The predicted octanol–water partition coefficient (Wildman–Crippen LogP) is 2.95. The topological polar surface area (TPSA) is 83.8 Å². The Morgan fingerprint density at radius 3 is 2.81 bits per heavy atom. The average molecular weight is 296 g/mol. The highest BCUT2D eigenvalue weighted by atomic mass is 19.2. The van der Waals surface area contributed by atoms with E-state index < -0.39 is 27.9 Å². The third kappa shape index (κ3) is 3.33. The van der Waals surface area contributed by atoms with E-state index in [2.05, 4.69) is 15.5 Å². The first-order valence-electron chi connectivity index (χ1n) is 6.35. The average Bonchev–Trinajstić information content (AvgIpc) is 2.84. The quantitative estimate of drug-likeness (QED) is 0.487. The Bertz CT molecular complexity index is 658. The molecule has 6 nitrogen and oxygen atoms in total. The second kappa shape index (κ2) is 6.29. The van der Waals surface area contributed by atoms with Gasteiger partial charge in [0.1, 0.15) is 0 Å². The van der Waals surface area contributed by atoms with Crippen LogP contribution in [0.3, 0.4) is 0 Å². The molecule has 0 atom stereocenters. The zero-order valence-electron chi connectivity index (χ0n) is 11.3. The molecule has 0 saturated carbocycles. The van der Waals surface area contributed by atoms with Gasteiger partial charge in [-0.3, -0.25) is 15.2 Å². The molecule has 0 fully saturated rings. The van der Waals surface area contributed by atoms with Crippen LogP contribution >= 0.6 is 0 Å². The Morgan fingerprint density at radius 1 is 1.43 bits per heavy atom. The van der Waals surface area contributed by atoms with Crippen molar-refractivity contribution in [2.24, 2.45) is 0 Å². The monoisotopic (exact) mass is 296 g/mol. The molecule has 0 saturated heterocycles. The van der Waals surface area contributed by atoms with Crippen LogP contribution in [0.1, 0.15) is 17.7 Å². The van der Waals surface area contributed by atoms with E-state index in [4.69, 9.17) is 0 Å². The maximum Gasteiger partial charge on any atom is 0.295 e. The minimum atomic E-state index is -1.23. The summed E-state index contributed by atoms with van der Waals surface area (Å²) >= 11 is 0. The lowest BCUT2D eigenvalue weighted by molar-refractivity contribution is -0.384. The number of aryl methyl sites for hydroxylation is 2. The summed E-state index contributed by atoms with van der Waals surface area (Å²) in [6.07, 6.45) is 2.98. The van der Waals surface area contributed by atoms with Gasteiger partial charge in [0.25, 0.3) is 5.69 Å². The third-order valence-electron chi connectivity index (χ3n) is 3.13. The molecule has 2 rings (SSSR count). The van der Waals surface area contributed by atoms with Crippen LogP contribution < -0.4 is 5.32 Å².